The number of likely N-dealkylation sites (N-methyl/N-ethyl adjacent to an activating group) is 2. The highest BCUT2D eigenvalue weighted by Crippen LogP contribution is 2.54. The molecule has 2 aliphatic rings. The number of hydrogen-bond acceptors (Lipinski definition) is 6. The highest BCUT2D eigenvalue weighted by atomic mass is 32.7. The van der Waals surface area contributed by atoms with Gasteiger partial charge in [0.25, 0.3) is 5.56 Å². The lowest BCUT2D eigenvalue weighted by Crippen LogP contribution is -2.33. The van der Waals surface area contributed by atoms with Crippen molar-refractivity contribution in [2.75, 3.05) is 33.8 Å². The normalized spacial score (nSPS) is 27.3. The average molecular weight is 433 g/mol. The number of aromatic amines is 1. The molecule has 4 atom stereocenters. The van der Waals surface area contributed by atoms with E-state index in [-0.39, 0.29) is 13.0 Å². The third-order valence-corrected chi connectivity index (χ3v) is 6.27. The molecule has 0 radical (unpaired) electrons. The number of aryl methyl sites for hydroxylation is 1. The Bertz CT molecular complexity index is 920. The lowest BCUT2D eigenvalue weighted by atomic mass is 10.2. The molecule has 3 rings (SSSR count). The molecule has 11 nitrogen and oxygen atoms in total. The summed E-state index contributed by atoms with van der Waals surface area (Å²) >= 11 is 4.04. The van der Waals surface area contributed by atoms with Gasteiger partial charge in [-0.25, -0.2) is 4.79 Å². The van der Waals surface area contributed by atoms with Crippen molar-refractivity contribution < 1.29 is 18.9 Å². The van der Waals surface area contributed by atoms with Crippen LogP contribution in [0.2, 0.25) is 0 Å². The highest BCUT2D eigenvalue weighted by Gasteiger charge is 2.37. The summed E-state index contributed by atoms with van der Waals surface area (Å²) in [5, 5.41) is 10.2. The molecule has 0 aromatic carbocycles. The Labute approximate surface area is 166 Å². The van der Waals surface area contributed by atoms with Gasteiger partial charge in [-0.15, -0.1) is 0 Å². The zero-order valence-corrected chi connectivity index (χ0v) is 17.6. The van der Waals surface area contributed by atoms with Crippen LogP contribution in [0.3, 0.4) is 0 Å². The summed E-state index contributed by atoms with van der Waals surface area (Å²) in [5.74, 6) is 0.513. The molecular formula is C15H24N5O6PS. The summed E-state index contributed by atoms with van der Waals surface area (Å²) in [7, 11) is 3.66. The number of hydrogen-bond donors (Lipinski definition) is 3. The number of guanidine groups is 1. The van der Waals surface area contributed by atoms with Gasteiger partial charge in [0.15, 0.2) is 0 Å². The van der Waals surface area contributed by atoms with Gasteiger partial charge >= 0.3 is 12.4 Å². The number of nitrogens with zero attached hydrogens (tertiary/aromatic N) is 4. The summed E-state index contributed by atoms with van der Waals surface area (Å²) < 4.78 is 28.9. The van der Waals surface area contributed by atoms with E-state index in [0.29, 0.717) is 11.5 Å². The Morgan fingerprint density at radius 1 is 1.39 bits per heavy atom. The standard InChI is InChI=1S/C15H24N5O6PS/c1-9-7-20(15(23)16-13(9)22)12-6-10(21)11(26-12)8-25-27(24,28)17-14-18(2)4-5-19(14)3/h7,10-12,21H,4-6,8H2,1-3H3,(H,24,28)(H,16,22,23)/t10-,11-,12-,27?/m1/s1. The molecule has 1 unspecified atom stereocenters. The summed E-state index contributed by atoms with van der Waals surface area (Å²) in [6, 6.07) is 0. The molecule has 1 aromatic rings. The van der Waals surface area contributed by atoms with E-state index < -0.39 is 36.4 Å². The van der Waals surface area contributed by atoms with E-state index in [4.69, 9.17) is 9.26 Å². The topological polar surface area (TPSA) is 129 Å². The van der Waals surface area contributed by atoms with Crippen molar-refractivity contribution in [3.05, 3.63) is 32.6 Å². The minimum Gasteiger partial charge on any atom is -0.390 e. The number of thiol groups is 1. The molecule has 28 heavy (non-hydrogen) atoms. The van der Waals surface area contributed by atoms with E-state index in [1.54, 1.807) is 6.92 Å². The van der Waals surface area contributed by atoms with E-state index in [0.717, 1.165) is 13.1 Å². The minimum atomic E-state index is -3.62. The molecule has 0 saturated carbocycles. The van der Waals surface area contributed by atoms with Crippen LogP contribution in [0.15, 0.2) is 20.5 Å². The molecule has 2 N–H and O–H groups in total. The van der Waals surface area contributed by atoms with E-state index in [1.807, 2.05) is 23.9 Å². The van der Waals surface area contributed by atoms with Gasteiger partial charge in [-0.2, -0.15) is 4.76 Å². The van der Waals surface area contributed by atoms with E-state index in [1.165, 1.54) is 10.8 Å². The molecule has 0 bridgehead atoms. The third kappa shape index (κ3) is 4.52. The van der Waals surface area contributed by atoms with Gasteiger partial charge in [-0.1, -0.05) is 12.2 Å². The van der Waals surface area contributed by atoms with Gasteiger partial charge in [-0.3, -0.25) is 18.9 Å². The first-order valence-electron chi connectivity index (χ1n) is 8.73. The molecule has 1 aromatic heterocycles. The summed E-state index contributed by atoms with van der Waals surface area (Å²) in [4.78, 5) is 29.4. The maximum Gasteiger partial charge on any atom is 0.372 e. The smallest absolute Gasteiger partial charge is 0.372 e. The molecule has 13 heteroatoms. The quantitative estimate of drug-likeness (QED) is 0.429. The summed E-state index contributed by atoms with van der Waals surface area (Å²) in [6.45, 7) is -0.759. The van der Waals surface area contributed by atoms with Crippen molar-refractivity contribution in [2.45, 2.75) is 31.8 Å². The second-order valence-corrected chi connectivity index (χ2v) is 9.90. The van der Waals surface area contributed by atoms with Crippen LogP contribution >= 0.6 is 19.0 Å². The second-order valence-electron chi connectivity index (χ2n) is 6.94. The second kappa shape index (κ2) is 8.03. The molecule has 2 aliphatic heterocycles. The Kier molecular flexibility index (Phi) is 6.06. The van der Waals surface area contributed by atoms with Crippen LogP contribution < -0.4 is 11.2 Å². The fourth-order valence-electron chi connectivity index (χ4n) is 3.09. The van der Waals surface area contributed by atoms with Crippen molar-refractivity contribution in [1.82, 2.24) is 19.4 Å². The van der Waals surface area contributed by atoms with Crippen molar-refractivity contribution in [3.8, 4) is 0 Å². The lowest BCUT2D eigenvalue weighted by molar-refractivity contribution is -0.0400. The number of ether oxygens (including phenoxy) is 1. The number of aliphatic hydroxyl groups is 1. The molecular weight excluding hydrogens is 409 g/mol. The van der Waals surface area contributed by atoms with Gasteiger partial charge in [0.1, 0.15) is 12.3 Å². The van der Waals surface area contributed by atoms with Crippen molar-refractivity contribution in [3.63, 3.8) is 0 Å². The van der Waals surface area contributed by atoms with Crippen LogP contribution in [0.25, 0.3) is 0 Å². The molecule has 0 aliphatic carbocycles. The maximum absolute atomic E-state index is 12.6. The summed E-state index contributed by atoms with van der Waals surface area (Å²) in [5.41, 5.74) is -0.762. The van der Waals surface area contributed by atoms with Gasteiger partial charge in [0, 0.05) is 45.4 Å². The van der Waals surface area contributed by atoms with Crippen LogP contribution in [0, 0.1) is 6.92 Å². The average Bonchev–Trinajstić information content (AvgIpc) is 3.13. The first-order chi connectivity index (χ1) is 13.1. The highest BCUT2D eigenvalue weighted by molar-refractivity contribution is 8.45. The number of aliphatic hydroxyl groups excluding tert-OH is 1. The fourth-order valence-corrected chi connectivity index (χ4v) is 4.46. The van der Waals surface area contributed by atoms with Gasteiger partial charge in [0.05, 0.1) is 12.7 Å². The van der Waals surface area contributed by atoms with Crippen LogP contribution in [0.5, 0.6) is 0 Å². The van der Waals surface area contributed by atoms with Crippen molar-refractivity contribution in [2.24, 2.45) is 4.76 Å². The summed E-state index contributed by atoms with van der Waals surface area (Å²) in [6.07, 6.45) is -1.03. The van der Waals surface area contributed by atoms with Gasteiger partial charge in [0.2, 0.25) is 5.96 Å². The monoisotopic (exact) mass is 433 g/mol. The first-order valence-corrected chi connectivity index (χ1v) is 11.5. The van der Waals surface area contributed by atoms with Crippen LogP contribution in [0.1, 0.15) is 18.2 Å². The number of rotatable bonds is 5. The minimum absolute atomic E-state index is 0.121. The predicted molar refractivity (Wildman–Crippen MR) is 106 cm³/mol. The molecule has 0 amide bonds. The first kappa shape index (κ1) is 21.1. The van der Waals surface area contributed by atoms with E-state index in [2.05, 4.69) is 22.0 Å². The predicted octanol–water partition coefficient (Wildman–Crippen LogP) is -0.219. The van der Waals surface area contributed by atoms with Gasteiger partial charge in [-0.05, 0) is 6.92 Å². The van der Waals surface area contributed by atoms with Gasteiger partial charge < -0.3 is 24.2 Å². The van der Waals surface area contributed by atoms with Crippen LogP contribution in [-0.2, 0) is 13.8 Å². The van der Waals surface area contributed by atoms with E-state index in [9.17, 15) is 19.3 Å². The molecule has 3 heterocycles. The van der Waals surface area contributed by atoms with Crippen molar-refractivity contribution in [1.29, 1.82) is 0 Å². The Hall–Kier alpha value is -1.59. The molecule has 2 saturated heterocycles. The molecule has 2 fully saturated rings. The number of H-pyrrole nitrogens is 1. The van der Waals surface area contributed by atoms with E-state index >= 15 is 0 Å². The SMILES string of the molecule is Cc1cn([C@H]2C[C@@H](O)[C@@H](COP(=O)(S)N=C3N(C)CCN3C)O2)c(=O)[nH]c1=O. The number of aromatic nitrogens is 2. The van der Waals surface area contributed by atoms with Crippen molar-refractivity contribution >= 4 is 24.9 Å². The maximum atomic E-state index is 12.6. The molecule has 0 spiro atoms. The zero-order chi connectivity index (χ0) is 20.6. The third-order valence-electron chi connectivity index (χ3n) is 4.74. The lowest BCUT2D eigenvalue weighted by Gasteiger charge is -2.20. The Morgan fingerprint density at radius 3 is 2.68 bits per heavy atom. The largest absolute Gasteiger partial charge is 0.390 e. The van der Waals surface area contributed by atoms with Crippen LogP contribution in [-0.4, -0.2) is 76.4 Å². The molecule has 156 valence electrons. The Morgan fingerprint density at radius 2 is 2.04 bits per heavy atom. The van der Waals surface area contributed by atoms with Crippen LogP contribution in [0.4, 0.5) is 0 Å². The zero-order valence-electron chi connectivity index (χ0n) is 15.8. The Balaban J connectivity index is 1.67. The fraction of sp³-hybridized carbons (Fsp3) is 0.667. The number of nitrogens with one attached hydrogen (secondary N) is 1.